The first-order valence-corrected chi connectivity index (χ1v) is 7.65. The van der Waals surface area contributed by atoms with E-state index in [4.69, 9.17) is 0 Å². The Balaban J connectivity index is 1.77. The van der Waals surface area contributed by atoms with Crippen molar-refractivity contribution >= 4 is 11.7 Å². The van der Waals surface area contributed by atoms with E-state index in [9.17, 15) is 9.59 Å². The number of ketones is 1. The third-order valence-corrected chi connectivity index (χ3v) is 4.51. The van der Waals surface area contributed by atoms with Crippen molar-refractivity contribution in [2.24, 2.45) is 5.92 Å². The summed E-state index contributed by atoms with van der Waals surface area (Å²) in [7, 11) is 4.14. The lowest BCUT2D eigenvalue weighted by atomic mass is 10.0. The van der Waals surface area contributed by atoms with Crippen molar-refractivity contribution in [3.05, 3.63) is 34.9 Å². The highest BCUT2D eigenvalue weighted by Gasteiger charge is 2.30. The van der Waals surface area contributed by atoms with Crippen molar-refractivity contribution in [2.75, 3.05) is 33.7 Å². The van der Waals surface area contributed by atoms with Gasteiger partial charge in [0.05, 0.1) is 0 Å². The summed E-state index contributed by atoms with van der Waals surface area (Å²) in [5, 5.41) is 0. The number of carbonyl (C=O) groups is 2. The minimum absolute atomic E-state index is 0.0998. The fourth-order valence-corrected chi connectivity index (χ4v) is 3.54. The van der Waals surface area contributed by atoms with Crippen LogP contribution in [0.4, 0.5) is 0 Å². The first-order valence-electron chi connectivity index (χ1n) is 7.65. The molecule has 1 aromatic rings. The van der Waals surface area contributed by atoms with Crippen molar-refractivity contribution in [1.29, 1.82) is 0 Å². The summed E-state index contributed by atoms with van der Waals surface area (Å²) < 4.78 is 0. The molecule has 0 spiro atoms. The highest BCUT2D eigenvalue weighted by Crippen LogP contribution is 2.28. The molecular weight excluding hydrogens is 264 g/mol. The average molecular weight is 286 g/mol. The number of benzene rings is 1. The third kappa shape index (κ3) is 2.72. The van der Waals surface area contributed by atoms with E-state index < -0.39 is 0 Å². The van der Waals surface area contributed by atoms with Gasteiger partial charge in [-0.25, -0.2) is 0 Å². The maximum Gasteiger partial charge on any atom is 0.254 e. The maximum atomic E-state index is 12.7. The predicted molar refractivity (Wildman–Crippen MR) is 81.7 cm³/mol. The van der Waals surface area contributed by atoms with Gasteiger partial charge in [0.2, 0.25) is 0 Å². The molecule has 1 atom stereocenters. The molecule has 1 fully saturated rings. The average Bonchev–Trinajstić information content (AvgIpc) is 3.05. The van der Waals surface area contributed by atoms with Crippen LogP contribution in [0.5, 0.6) is 0 Å². The largest absolute Gasteiger partial charge is 0.338 e. The number of Topliss-reactive ketones (excluding diaryl/α,β-unsaturated/α-hetero) is 1. The van der Waals surface area contributed by atoms with Gasteiger partial charge in [-0.3, -0.25) is 9.59 Å². The molecule has 1 aromatic carbocycles. The zero-order valence-electron chi connectivity index (χ0n) is 12.8. The van der Waals surface area contributed by atoms with E-state index in [-0.39, 0.29) is 11.7 Å². The number of hydrogen-bond donors (Lipinski definition) is 0. The van der Waals surface area contributed by atoms with Gasteiger partial charge in [0, 0.05) is 37.2 Å². The van der Waals surface area contributed by atoms with Gasteiger partial charge in [-0.15, -0.1) is 0 Å². The van der Waals surface area contributed by atoms with Gasteiger partial charge in [0.25, 0.3) is 5.91 Å². The second kappa shape index (κ2) is 5.60. The summed E-state index contributed by atoms with van der Waals surface area (Å²) >= 11 is 0. The van der Waals surface area contributed by atoms with Crippen molar-refractivity contribution in [1.82, 2.24) is 9.80 Å². The summed E-state index contributed by atoms with van der Waals surface area (Å²) in [6.45, 7) is 2.68. The van der Waals surface area contributed by atoms with Crippen LogP contribution < -0.4 is 0 Å². The number of likely N-dealkylation sites (tertiary alicyclic amines) is 1. The Hall–Kier alpha value is -1.68. The van der Waals surface area contributed by atoms with Crippen LogP contribution in [0.15, 0.2) is 18.2 Å². The molecule has 4 heteroatoms. The smallest absolute Gasteiger partial charge is 0.254 e. The maximum absolute atomic E-state index is 12.7. The molecule has 3 rings (SSSR count). The standard InChI is InChI=1S/C17H22N2O2/c1-18(2)10-12-8-9-19(11-12)17(21)15-5-3-4-14-13(15)6-7-16(14)20/h3-5,12H,6-11H2,1-2H3/t12-/m0/s1. The zero-order chi connectivity index (χ0) is 15.0. The predicted octanol–water partition coefficient (Wildman–Crippen LogP) is 1.84. The Labute approximate surface area is 125 Å². The molecule has 1 saturated heterocycles. The van der Waals surface area contributed by atoms with Crippen molar-refractivity contribution < 1.29 is 9.59 Å². The van der Waals surface area contributed by atoms with E-state index in [2.05, 4.69) is 19.0 Å². The van der Waals surface area contributed by atoms with Crippen LogP contribution >= 0.6 is 0 Å². The molecule has 21 heavy (non-hydrogen) atoms. The van der Waals surface area contributed by atoms with Crippen molar-refractivity contribution in [2.45, 2.75) is 19.3 Å². The molecule has 0 unspecified atom stereocenters. The zero-order valence-corrected chi connectivity index (χ0v) is 12.8. The number of amides is 1. The van der Waals surface area contributed by atoms with Gasteiger partial charge < -0.3 is 9.80 Å². The monoisotopic (exact) mass is 286 g/mol. The Morgan fingerprint density at radius 2 is 2.14 bits per heavy atom. The number of nitrogens with zero attached hydrogens (tertiary/aromatic N) is 2. The lowest BCUT2D eigenvalue weighted by molar-refractivity contribution is 0.0784. The number of fused-ring (bicyclic) bond motifs is 1. The topological polar surface area (TPSA) is 40.6 Å². The lowest BCUT2D eigenvalue weighted by Crippen LogP contribution is -2.31. The van der Waals surface area contributed by atoms with E-state index in [0.29, 0.717) is 18.8 Å². The van der Waals surface area contributed by atoms with Crippen LogP contribution in [0.25, 0.3) is 0 Å². The molecule has 1 aliphatic carbocycles. The normalized spacial score (nSPS) is 21.2. The minimum atomic E-state index is 0.0998. The summed E-state index contributed by atoms with van der Waals surface area (Å²) in [6, 6.07) is 5.56. The van der Waals surface area contributed by atoms with Crippen LogP contribution in [0.2, 0.25) is 0 Å². The molecule has 1 aliphatic heterocycles. The second-order valence-electron chi connectivity index (χ2n) is 6.42. The quantitative estimate of drug-likeness (QED) is 0.851. The van der Waals surface area contributed by atoms with Crippen molar-refractivity contribution in [3.8, 4) is 0 Å². The van der Waals surface area contributed by atoms with Crippen LogP contribution in [0.1, 0.15) is 39.1 Å². The second-order valence-corrected chi connectivity index (χ2v) is 6.42. The number of hydrogen-bond acceptors (Lipinski definition) is 3. The summed E-state index contributed by atoms with van der Waals surface area (Å²) in [6.07, 6.45) is 2.33. The molecule has 0 saturated carbocycles. The molecule has 1 heterocycles. The van der Waals surface area contributed by atoms with E-state index in [1.165, 1.54) is 0 Å². The van der Waals surface area contributed by atoms with Gasteiger partial charge in [-0.05, 0) is 44.5 Å². The van der Waals surface area contributed by atoms with Crippen LogP contribution in [-0.4, -0.2) is 55.2 Å². The van der Waals surface area contributed by atoms with Gasteiger partial charge in [-0.1, -0.05) is 12.1 Å². The van der Waals surface area contributed by atoms with Crippen LogP contribution in [-0.2, 0) is 6.42 Å². The number of rotatable bonds is 3. The first kappa shape index (κ1) is 14.3. The fourth-order valence-electron chi connectivity index (χ4n) is 3.54. The Kier molecular flexibility index (Phi) is 3.81. The van der Waals surface area contributed by atoms with Crippen LogP contribution in [0.3, 0.4) is 0 Å². The summed E-state index contributed by atoms with van der Waals surface area (Å²) in [5.74, 6) is 0.830. The molecule has 0 N–H and O–H groups in total. The van der Waals surface area contributed by atoms with E-state index in [1.54, 1.807) is 0 Å². The molecule has 0 aromatic heterocycles. The van der Waals surface area contributed by atoms with Gasteiger partial charge in [-0.2, -0.15) is 0 Å². The van der Waals surface area contributed by atoms with E-state index >= 15 is 0 Å². The Bertz CT molecular complexity index is 580. The molecule has 112 valence electrons. The van der Waals surface area contributed by atoms with E-state index in [0.717, 1.165) is 42.7 Å². The van der Waals surface area contributed by atoms with Crippen molar-refractivity contribution in [3.63, 3.8) is 0 Å². The van der Waals surface area contributed by atoms with Gasteiger partial charge in [0.15, 0.2) is 5.78 Å². The molecule has 0 bridgehead atoms. The molecule has 4 nitrogen and oxygen atoms in total. The first-order chi connectivity index (χ1) is 10.1. The lowest BCUT2D eigenvalue weighted by Gasteiger charge is -2.19. The molecular formula is C17H22N2O2. The minimum Gasteiger partial charge on any atom is -0.338 e. The summed E-state index contributed by atoms with van der Waals surface area (Å²) in [5.41, 5.74) is 2.46. The van der Waals surface area contributed by atoms with Gasteiger partial charge >= 0.3 is 0 Å². The SMILES string of the molecule is CN(C)C[C@@H]1CCN(C(=O)c2cccc3c2CCC3=O)C1. The third-order valence-electron chi connectivity index (χ3n) is 4.51. The highest BCUT2D eigenvalue weighted by molar-refractivity contribution is 6.05. The van der Waals surface area contributed by atoms with E-state index in [1.807, 2.05) is 23.1 Å². The molecule has 2 aliphatic rings. The highest BCUT2D eigenvalue weighted by atomic mass is 16.2. The fraction of sp³-hybridized carbons (Fsp3) is 0.529. The number of carbonyl (C=O) groups excluding carboxylic acids is 2. The molecule has 1 amide bonds. The Morgan fingerprint density at radius 1 is 1.33 bits per heavy atom. The Morgan fingerprint density at radius 3 is 2.90 bits per heavy atom. The van der Waals surface area contributed by atoms with Crippen LogP contribution in [0, 0.1) is 5.92 Å². The summed E-state index contributed by atoms with van der Waals surface area (Å²) in [4.78, 5) is 28.7. The molecule has 0 radical (unpaired) electrons. The van der Waals surface area contributed by atoms with Gasteiger partial charge in [0.1, 0.15) is 0 Å².